The fourth-order valence-electron chi connectivity index (χ4n) is 2.80. The molecule has 1 unspecified atom stereocenters. The van der Waals surface area contributed by atoms with Crippen LogP contribution in [-0.4, -0.2) is 24.8 Å². The molecule has 0 saturated heterocycles. The van der Waals surface area contributed by atoms with E-state index in [2.05, 4.69) is 20.9 Å². The Morgan fingerprint density at radius 2 is 1.59 bits per heavy atom. The molecule has 0 fully saturated rings. The van der Waals surface area contributed by atoms with Gasteiger partial charge in [-0.3, -0.25) is 0 Å². The molecule has 8 heteroatoms. The number of nitrogens with zero attached hydrogens (tertiary/aromatic N) is 2. The number of aromatic nitrogens is 1. The first kappa shape index (κ1) is 19.6. The molecule has 0 saturated carbocycles. The van der Waals surface area contributed by atoms with Gasteiger partial charge in [-0.1, -0.05) is 64.5 Å². The molecule has 1 heterocycles. The lowest BCUT2D eigenvalue weighted by Crippen LogP contribution is -2.33. The van der Waals surface area contributed by atoms with Crippen molar-refractivity contribution in [3.63, 3.8) is 0 Å². The van der Waals surface area contributed by atoms with Crippen molar-refractivity contribution in [3.8, 4) is 0 Å². The number of halogens is 3. The molecule has 1 aromatic heterocycles. The highest BCUT2D eigenvalue weighted by molar-refractivity contribution is 9.10. The summed E-state index contributed by atoms with van der Waals surface area (Å²) in [7, 11) is -2.93. The predicted octanol–water partition coefficient (Wildman–Crippen LogP) is 4.53. The Balaban J connectivity index is 2.16. The summed E-state index contributed by atoms with van der Waals surface area (Å²) in [4.78, 5) is 2.32. The number of rotatable bonds is 5. The van der Waals surface area contributed by atoms with Crippen LogP contribution in [0.5, 0.6) is 0 Å². The van der Waals surface area contributed by atoms with Crippen LogP contribution in [-0.2, 0) is 10.0 Å². The molecule has 140 valence electrons. The normalized spacial score (nSPS) is 12.9. The van der Waals surface area contributed by atoms with Crippen LogP contribution >= 0.6 is 15.9 Å². The smallest absolute Gasteiger partial charge is 0.207 e. The van der Waals surface area contributed by atoms with Crippen LogP contribution < -0.4 is 0 Å². The van der Waals surface area contributed by atoms with Crippen molar-refractivity contribution in [1.29, 1.82) is 0 Å². The van der Waals surface area contributed by atoms with E-state index in [1.165, 1.54) is 7.05 Å². The Morgan fingerprint density at radius 3 is 2.22 bits per heavy atom. The third kappa shape index (κ3) is 3.92. The van der Waals surface area contributed by atoms with Gasteiger partial charge in [-0.15, -0.1) is 0 Å². The summed E-state index contributed by atoms with van der Waals surface area (Å²) in [5.41, 5.74) is 1.39. The second-order valence-corrected chi connectivity index (χ2v) is 8.60. The Morgan fingerprint density at radius 1 is 0.963 bits per heavy atom. The molecular formula is C19H15BrF2N2O2S. The van der Waals surface area contributed by atoms with E-state index in [0.717, 1.165) is 16.4 Å². The Bertz CT molecular complexity index is 1060. The number of hydrogen-bond donors (Lipinski definition) is 0. The summed E-state index contributed by atoms with van der Waals surface area (Å²) >= 11 is 3.45. The molecule has 0 N–H and O–H groups in total. The van der Waals surface area contributed by atoms with Gasteiger partial charge in [-0.2, -0.15) is 18.1 Å². The van der Waals surface area contributed by atoms with Crippen LogP contribution in [0.1, 0.15) is 17.2 Å². The van der Waals surface area contributed by atoms with Crippen molar-refractivity contribution in [1.82, 2.24) is 9.29 Å². The second kappa shape index (κ2) is 7.84. The molecule has 0 spiro atoms. The molecule has 4 nitrogen and oxygen atoms in total. The summed E-state index contributed by atoms with van der Waals surface area (Å²) in [6.07, 6.45) is 0. The van der Waals surface area contributed by atoms with Gasteiger partial charge in [0.05, 0.1) is 6.04 Å². The minimum Gasteiger partial charge on any atom is -0.207 e. The number of hydrogen-bond acceptors (Lipinski definition) is 3. The average molecular weight is 453 g/mol. The molecule has 0 aliphatic rings. The van der Waals surface area contributed by atoms with Gasteiger partial charge >= 0.3 is 0 Å². The largest absolute Gasteiger partial charge is 0.248 e. The molecule has 0 aliphatic heterocycles. The van der Waals surface area contributed by atoms with Crippen molar-refractivity contribution >= 4 is 26.0 Å². The molecule has 0 bridgehead atoms. The van der Waals surface area contributed by atoms with Crippen molar-refractivity contribution in [3.05, 3.63) is 94.2 Å². The summed E-state index contributed by atoms with van der Waals surface area (Å²) in [5, 5.41) is 0. The van der Waals surface area contributed by atoms with Crippen molar-refractivity contribution < 1.29 is 17.2 Å². The topological polar surface area (TPSA) is 50.3 Å². The van der Waals surface area contributed by atoms with Crippen LogP contribution in [0.25, 0.3) is 0 Å². The Labute approximate surface area is 164 Å². The van der Waals surface area contributed by atoms with Crippen LogP contribution in [0.2, 0.25) is 0 Å². The average Bonchev–Trinajstić information content (AvgIpc) is 2.64. The summed E-state index contributed by atoms with van der Waals surface area (Å²) in [6, 6.07) is 17.1. The van der Waals surface area contributed by atoms with Gasteiger partial charge in [-0.25, -0.2) is 8.42 Å². The lowest BCUT2D eigenvalue weighted by atomic mass is 9.99. The Hall–Kier alpha value is -2.16. The molecular weight excluding hydrogens is 438 g/mol. The summed E-state index contributed by atoms with van der Waals surface area (Å²) in [5.74, 6) is -2.46. The minimum absolute atomic E-state index is 0.681. The molecule has 3 aromatic rings. The zero-order valence-electron chi connectivity index (χ0n) is 14.2. The van der Waals surface area contributed by atoms with Crippen molar-refractivity contribution in [2.45, 2.75) is 10.9 Å². The zero-order chi connectivity index (χ0) is 19.6. The maximum absolute atomic E-state index is 14.1. The van der Waals surface area contributed by atoms with Gasteiger partial charge in [0.15, 0.2) is 0 Å². The van der Waals surface area contributed by atoms with Gasteiger partial charge in [-0.05, 0) is 29.3 Å². The van der Waals surface area contributed by atoms with Gasteiger partial charge in [0.25, 0.3) is 0 Å². The van der Waals surface area contributed by atoms with E-state index >= 15 is 0 Å². The van der Waals surface area contributed by atoms with E-state index in [1.807, 2.05) is 12.1 Å². The van der Waals surface area contributed by atoms with E-state index in [-0.39, 0.29) is 0 Å². The van der Waals surface area contributed by atoms with E-state index in [1.54, 1.807) is 42.5 Å². The van der Waals surface area contributed by atoms with E-state index in [4.69, 9.17) is 0 Å². The van der Waals surface area contributed by atoms with Crippen LogP contribution in [0.4, 0.5) is 8.78 Å². The lowest BCUT2D eigenvalue weighted by molar-refractivity contribution is 0.409. The Kier molecular flexibility index (Phi) is 5.69. The first-order valence-corrected chi connectivity index (χ1v) is 10.1. The van der Waals surface area contributed by atoms with E-state index in [9.17, 15) is 17.2 Å². The second-order valence-electron chi connectivity index (χ2n) is 5.78. The number of pyridine rings is 1. The highest BCUT2D eigenvalue weighted by Gasteiger charge is 2.33. The highest BCUT2D eigenvalue weighted by Crippen LogP contribution is 2.36. The molecule has 2 aromatic carbocycles. The standard InChI is InChI=1S/C19H15BrF2N2O2S/c1-24(27(25,26)16-11-12-17(21)23-19(16)22)18(13-7-3-2-4-8-13)14-9-5-6-10-15(14)20/h2-12,18H,1H3. The molecule has 0 aliphatic carbocycles. The SMILES string of the molecule is CN(C(c1ccccc1)c1ccccc1Br)S(=O)(=O)c1ccc(F)nc1F. The molecule has 27 heavy (non-hydrogen) atoms. The first-order valence-electron chi connectivity index (χ1n) is 7.92. The zero-order valence-corrected chi connectivity index (χ0v) is 16.6. The van der Waals surface area contributed by atoms with Crippen molar-refractivity contribution in [2.24, 2.45) is 0 Å². The third-order valence-electron chi connectivity index (χ3n) is 4.12. The number of sulfonamides is 1. The monoisotopic (exact) mass is 452 g/mol. The van der Waals surface area contributed by atoms with Crippen LogP contribution in [0.15, 0.2) is 76.1 Å². The first-order chi connectivity index (χ1) is 12.8. The summed E-state index contributed by atoms with van der Waals surface area (Å²) < 4.78 is 55.1. The number of benzene rings is 2. The molecule has 1 atom stereocenters. The van der Waals surface area contributed by atoms with Gasteiger partial charge in [0.1, 0.15) is 4.90 Å². The summed E-state index contributed by atoms with van der Waals surface area (Å²) in [6.45, 7) is 0. The fourth-order valence-corrected chi connectivity index (χ4v) is 4.63. The predicted molar refractivity (Wildman–Crippen MR) is 102 cm³/mol. The van der Waals surface area contributed by atoms with E-state index in [0.29, 0.717) is 15.6 Å². The van der Waals surface area contributed by atoms with Crippen molar-refractivity contribution in [2.75, 3.05) is 7.05 Å². The third-order valence-corrected chi connectivity index (χ3v) is 6.67. The van der Waals surface area contributed by atoms with Crippen LogP contribution in [0, 0.1) is 11.9 Å². The van der Waals surface area contributed by atoms with Gasteiger partial charge in [0.2, 0.25) is 21.9 Å². The van der Waals surface area contributed by atoms with Crippen LogP contribution in [0.3, 0.4) is 0 Å². The maximum Gasteiger partial charge on any atom is 0.248 e. The molecule has 0 amide bonds. The van der Waals surface area contributed by atoms with E-state index < -0.39 is 32.9 Å². The fraction of sp³-hybridized carbons (Fsp3) is 0.105. The molecule has 0 radical (unpaired) electrons. The van der Waals surface area contributed by atoms with Gasteiger partial charge < -0.3 is 0 Å². The highest BCUT2D eigenvalue weighted by atomic mass is 79.9. The minimum atomic E-state index is -4.29. The molecule has 3 rings (SSSR count). The lowest BCUT2D eigenvalue weighted by Gasteiger charge is -2.29. The maximum atomic E-state index is 14.1. The quantitative estimate of drug-likeness (QED) is 0.534. The van der Waals surface area contributed by atoms with Gasteiger partial charge in [0, 0.05) is 11.5 Å².